The Bertz CT molecular complexity index is 338. The van der Waals surface area contributed by atoms with E-state index in [1.165, 1.54) is 11.8 Å². The number of thioether (sulfide) groups is 1. The number of anilines is 1. The fourth-order valence-electron chi connectivity index (χ4n) is 1.32. The van der Waals surface area contributed by atoms with Gasteiger partial charge in [-0.3, -0.25) is 0 Å². The van der Waals surface area contributed by atoms with Crippen molar-refractivity contribution in [2.45, 2.75) is 11.3 Å². The summed E-state index contributed by atoms with van der Waals surface area (Å²) in [5, 5.41) is 0. The topological polar surface area (TPSA) is 26.0 Å². The number of halogens is 2. The van der Waals surface area contributed by atoms with E-state index in [4.69, 9.17) is 5.73 Å². The van der Waals surface area contributed by atoms with Gasteiger partial charge in [-0.15, -0.1) is 11.8 Å². The highest BCUT2D eigenvalue weighted by molar-refractivity contribution is 7.99. The van der Waals surface area contributed by atoms with Gasteiger partial charge in [0.1, 0.15) is 11.6 Å². The van der Waals surface area contributed by atoms with Crippen molar-refractivity contribution >= 4 is 17.4 Å². The predicted molar refractivity (Wildman–Crippen MR) is 45.2 cm³/mol. The van der Waals surface area contributed by atoms with E-state index in [2.05, 4.69) is 0 Å². The molecule has 0 spiro atoms. The summed E-state index contributed by atoms with van der Waals surface area (Å²) in [6.07, 6.45) is 0.667. The Labute approximate surface area is 72.9 Å². The maximum atomic E-state index is 13.0. The molecule has 0 aliphatic carbocycles. The molecule has 0 saturated carbocycles. The van der Waals surface area contributed by atoms with Gasteiger partial charge in [0.15, 0.2) is 0 Å². The van der Waals surface area contributed by atoms with E-state index in [1.807, 2.05) is 0 Å². The Hall–Kier alpha value is -0.770. The molecule has 0 radical (unpaired) electrons. The first-order chi connectivity index (χ1) is 5.70. The molecule has 64 valence electrons. The SMILES string of the molecule is Nc1c(F)cc(F)c2c1CCS2. The smallest absolute Gasteiger partial charge is 0.149 e. The van der Waals surface area contributed by atoms with Crippen molar-refractivity contribution < 1.29 is 8.78 Å². The van der Waals surface area contributed by atoms with Crippen LogP contribution in [0, 0.1) is 11.6 Å². The van der Waals surface area contributed by atoms with Crippen LogP contribution in [0.2, 0.25) is 0 Å². The van der Waals surface area contributed by atoms with Gasteiger partial charge >= 0.3 is 0 Å². The molecular formula is C8H7F2NS. The van der Waals surface area contributed by atoms with Gasteiger partial charge in [-0.1, -0.05) is 0 Å². The van der Waals surface area contributed by atoms with Crippen LogP contribution in [-0.4, -0.2) is 5.75 Å². The summed E-state index contributed by atoms with van der Waals surface area (Å²) in [5.41, 5.74) is 6.19. The Morgan fingerprint density at radius 3 is 2.83 bits per heavy atom. The zero-order valence-corrected chi connectivity index (χ0v) is 7.05. The molecular weight excluding hydrogens is 180 g/mol. The summed E-state index contributed by atoms with van der Waals surface area (Å²) in [4.78, 5) is 0.522. The third-order valence-corrected chi connectivity index (χ3v) is 3.06. The minimum absolute atomic E-state index is 0.108. The molecule has 0 amide bonds. The highest BCUT2D eigenvalue weighted by Gasteiger charge is 2.21. The van der Waals surface area contributed by atoms with E-state index in [0.717, 1.165) is 11.8 Å². The van der Waals surface area contributed by atoms with Crippen LogP contribution in [0.25, 0.3) is 0 Å². The lowest BCUT2D eigenvalue weighted by molar-refractivity contribution is 0.565. The molecule has 0 unspecified atom stereocenters. The van der Waals surface area contributed by atoms with Gasteiger partial charge in [0, 0.05) is 16.7 Å². The summed E-state index contributed by atoms with van der Waals surface area (Å²) in [6.45, 7) is 0. The number of fused-ring (bicyclic) bond motifs is 1. The van der Waals surface area contributed by atoms with E-state index in [9.17, 15) is 8.78 Å². The minimum atomic E-state index is -0.645. The molecule has 4 heteroatoms. The second kappa shape index (κ2) is 2.62. The molecule has 0 saturated heterocycles. The molecule has 0 bridgehead atoms. The first kappa shape index (κ1) is 7.86. The van der Waals surface area contributed by atoms with Crippen LogP contribution in [0.3, 0.4) is 0 Å². The molecule has 12 heavy (non-hydrogen) atoms. The monoisotopic (exact) mass is 187 g/mol. The zero-order chi connectivity index (χ0) is 8.72. The molecule has 0 aromatic heterocycles. The fourth-order valence-corrected chi connectivity index (χ4v) is 2.42. The molecule has 1 nitrogen and oxygen atoms in total. The second-order valence-corrected chi connectivity index (χ2v) is 3.77. The fraction of sp³-hybridized carbons (Fsp3) is 0.250. The molecule has 2 rings (SSSR count). The van der Waals surface area contributed by atoms with Gasteiger partial charge in [-0.05, 0) is 12.0 Å². The summed E-state index contributed by atoms with van der Waals surface area (Å²) in [5.74, 6) is -0.340. The van der Waals surface area contributed by atoms with Crippen LogP contribution in [0.1, 0.15) is 5.56 Å². The molecule has 1 aliphatic rings. The normalized spacial score (nSPS) is 14.8. The molecule has 1 aromatic rings. The first-order valence-electron chi connectivity index (χ1n) is 3.59. The van der Waals surface area contributed by atoms with Crippen molar-refractivity contribution in [1.82, 2.24) is 0 Å². The highest BCUT2D eigenvalue weighted by Crippen LogP contribution is 2.37. The maximum absolute atomic E-state index is 13.0. The molecule has 1 aliphatic heterocycles. The van der Waals surface area contributed by atoms with Crippen molar-refractivity contribution in [1.29, 1.82) is 0 Å². The van der Waals surface area contributed by atoms with E-state index in [-0.39, 0.29) is 5.69 Å². The van der Waals surface area contributed by atoms with Crippen molar-refractivity contribution in [2.75, 3.05) is 11.5 Å². The lowest BCUT2D eigenvalue weighted by Gasteiger charge is -2.04. The number of benzene rings is 1. The third-order valence-electron chi connectivity index (χ3n) is 1.93. The van der Waals surface area contributed by atoms with Crippen LogP contribution in [0.5, 0.6) is 0 Å². The van der Waals surface area contributed by atoms with Crippen LogP contribution in [-0.2, 0) is 6.42 Å². The second-order valence-electron chi connectivity index (χ2n) is 2.66. The van der Waals surface area contributed by atoms with Crippen molar-refractivity contribution in [3.05, 3.63) is 23.3 Å². The minimum Gasteiger partial charge on any atom is -0.396 e. The number of nitrogen functional groups attached to an aromatic ring is 1. The predicted octanol–water partition coefficient (Wildman–Crippen LogP) is 2.20. The molecule has 0 fully saturated rings. The number of hydrogen-bond acceptors (Lipinski definition) is 2. The summed E-state index contributed by atoms with van der Waals surface area (Å²) >= 11 is 1.40. The Balaban J connectivity index is 2.69. The van der Waals surface area contributed by atoms with Gasteiger partial charge < -0.3 is 5.73 Å². The zero-order valence-electron chi connectivity index (χ0n) is 6.23. The van der Waals surface area contributed by atoms with Crippen LogP contribution in [0.15, 0.2) is 11.0 Å². The van der Waals surface area contributed by atoms with Gasteiger partial charge in [0.25, 0.3) is 0 Å². The quantitative estimate of drug-likeness (QED) is 0.630. The number of rotatable bonds is 0. The summed E-state index contributed by atoms with van der Waals surface area (Å²) in [6, 6.07) is 0.854. The average molecular weight is 187 g/mol. The average Bonchev–Trinajstić information content (AvgIpc) is 2.48. The van der Waals surface area contributed by atoms with E-state index in [0.29, 0.717) is 16.9 Å². The molecule has 0 atom stereocenters. The Morgan fingerprint density at radius 2 is 2.08 bits per heavy atom. The highest BCUT2D eigenvalue weighted by atomic mass is 32.2. The molecule has 1 aromatic carbocycles. The summed E-state index contributed by atoms with van der Waals surface area (Å²) in [7, 11) is 0. The van der Waals surface area contributed by atoms with Crippen molar-refractivity contribution in [3.63, 3.8) is 0 Å². The number of hydrogen-bond donors (Lipinski definition) is 1. The maximum Gasteiger partial charge on any atom is 0.149 e. The third kappa shape index (κ3) is 0.982. The summed E-state index contributed by atoms with van der Waals surface area (Å²) < 4.78 is 25.9. The van der Waals surface area contributed by atoms with Crippen LogP contribution < -0.4 is 5.73 Å². The van der Waals surface area contributed by atoms with Crippen LogP contribution >= 0.6 is 11.8 Å². The van der Waals surface area contributed by atoms with E-state index >= 15 is 0 Å². The lowest BCUT2D eigenvalue weighted by Crippen LogP contribution is -1.98. The lowest BCUT2D eigenvalue weighted by atomic mass is 10.1. The molecule has 2 N–H and O–H groups in total. The largest absolute Gasteiger partial charge is 0.396 e. The van der Waals surface area contributed by atoms with Gasteiger partial charge in [-0.2, -0.15) is 0 Å². The first-order valence-corrected chi connectivity index (χ1v) is 4.58. The number of nitrogens with two attached hydrogens (primary N) is 1. The van der Waals surface area contributed by atoms with Crippen molar-refractivity contribution in [3.8, 4) is 0 Å². The van der Waals surface area contributed by atoms with Gasteiger partial charge in [0.2, 0.25) is 0 Å². The Kier molecular flexibility index (Phi) is 1.72. The standard InChI is InChI=1S/C8H7F2NS/c9-5-3-6(10)8-4(7(5)11)1-2-12-8/h3H,1-2,11H2. The van der Waals surface area contributed by atoms with E-state index < -0.39 is 11.6 Å². The van der Waals surface area contributed by atoms with Crippen molar-refractivity contribution in [2.24, 2.45) is 0 Å². The van der Waals surface area contributed by atoms with Gasteiger partial charge in [-0.25, -0.2) is 8.78 Å². The van der Waals surface area contributed by atoms with Gasteiger partial charge in [0.05, 0.1) is 5.69 Å². The Morgan fingerprint density at radius 1 is 1.33 bits per heavy atom. The van der Waals surface area contributed by atoms with E-state index in [1.54, 1.807) is 0 Å². The van der Waals surface area contributed by atoms with Crippen LogP contribution in [0.4, 0.5) is 14.5 Å². The molecule has 1 heterocycles.